The molecule has 0 aliphatic carbocycles. The molecule has 0 bridgehead atoms. The van der Waals surface area contributed by atoms with Gasteiger partial charge in [-0.1, -0.05) is 18.2 Å². The first-order chi connectivity index (χ1) is 9.06. The lowest BCUT2D eigenvalue weighted by molar-refractivity contribution is -0.135. The normalized spacial score (nSPS) is 10.2. The fraction of sp³-hybridized carbons (Fsp3) is 0.133. The van der Waals surface area contributed by atoms with Gasteiger partial charge in [0, 0.05) is 17.5 Å². The van der Waals surface area contributed by atoms with Gasteiger partial charge in [0.25, 0.3) is 0 Å². The zero-order valence-corrected chi connectivity index (χ0v) is 10.5. The maximum Gasteiger partial charge on any atom is 0.311 e. The Morgan fingerprint density at radius 1 is 1.16 bits per heavy atom. The van der Waals surface area contributed by atoms with E-state index in [-0.39, 0.29) is 5.78 Å². The molecule has 2 aromatic rings. The van der Waals surface area contributed by atoms with Crippen LogP contribution in [0.1, 0.15) is 22.5 Å². The molecule has 2 rings (SSSR count). The second kappa shape index (κ2) is 5.44. The Morgan fingerprint density at radius 2 is 1.89 bits per heavy atom. The molecule has 0 unspecified atom stereocenters. The summed E-state index contributed by atoms with van der Waals surface area (Å²) in [5, 5.41) is 8.64. The molecular weight excluding hydrogens is 242 g/mol. The minimum absolute atomic E-state index is 0.389. The van der Waals surface area contributed by atoms with E-state index >= 15 is 0 Å². The van der Waals surface area contributed by atoms with Crippen LogP contribution in [0.4, 0.5) is 0 Å². The van der Waals surface area contributed by atoms with Gasteiger partial charge in [-0.15, -0.1) is 0 Å². The molecule has 0 saturated carbocycles. The SMILES string of the molecule is Cc1cc(-c2cccc(C(=O)CC(=O)O)c2)ccn1. The van der Waals surface area contributed by atoms with Crippen molar-refractivity contribution < 1.29 is 14.7 Å². The number of carboxylic acids is 1. The van der Waals surface area contributed by atoms with E-state index in [0.29, 0.717) is 5.56 Å². The van der Waals surface area contributed by atoms with Crippen LogP contribution in [0.25, 0.3) is 11.1 Å². The van der Waals surface area contributed by atoms with Gasteiger partial charge >= 0.3 is 5.97 Å². The standard InChI is InChI=1S/C15H13NO3/c1-10-7-12(5-6-16-10)11-3-2-4-13(8-11)14(17)9-15(18)19/h2-8H,9H2,1H3,(H,18,19). The molecule has 0 amide bonds. The average Bonchev–Trinajstić information content (AvgIpc) is 2.38. The molecule has 0 atom stereocenters. The largest absolute Gasteiger partial charge is 0.481 e. The summed E-state index contributed by atoms with van der Waals surface area (Å²) in [6.45, 7) is 1.89. The summed E-state index contributed by atoms with van der Waals surface area (Å²) in [4.78, 5) is 26.4. The van der Waals surface area contributed by atoms with Crippen LogP contribution < -0.4 is 0 Å². The van der Waals surface area contributed by atoms with Crippen molar-refractivity contribution in [3.8, 4) is 11.1 Å². The van der Waals surface area contributed by atoms with Crippen LogP contribution in [0.5, 0.6) is 0 Å². The van der Waals surface area contributed by atoms with Gasteiger partial charge in [-0.3, -0.25) is 14.6 Å². The van der Waals surface area contributed by atoms with E-state index in [1.807, 2.05) is 25.1 Å². The first-order valence-electron chi connectivity index (χ1n) is 5.84. The molecule has 0 saturated heterocycles. The Kier molecular flexibility index (Phi) is 3.71. The molecule has 0 spiro atoms. The molecule has 96 valence electrons. The van der Waals surface area contributed by atoms with Gasteiger partial charge in [-0.05, 0) is 36.2 Å². The maximum absolute atomic E-state index is 11.7. The first-order valence-corrected chi connectivity index (χ1v) is 5.84. The van der Waals surface area contributed by atoms with Crippen LogP contribution in [-0.2, 0) is 4.79 Å². The predicted molar refractivity (Wildman–Crippen MR) is 71.0 cm³/mol. The number of rotatable bonds is 4. The number of hydrogen-bond donors (Lipinski definition) is 1. The molecule has 4 nitrogen and oxygen atoms in total. The van der Waals surface area contributed by atoms with Crippen molar-refractivity contribution in [3.63, 3.8) is 0 Å². The fourth-order valence-electron chi connectivity index (χ4n) is 1.84. The fourth-order valence-corrected chi connectivity index (χ4v) is 1.84. The summed E-state index contributed by atoms with van der Waals surface area (Å²) in [5.41, 5.74) is 3.13. The van der Waals surface area contributed by atoms with Crippen LogP contribution in [0.2, 0.25) is 0 Å². The van der Waals surface area contributed by atoms with Crippen LogP contribution >= 0.6 is 0 Å². The Labute approximate surface area is 110 Å². The number of Topliss-reactive ketones (excluding diaryl/α,β-unsaturated/α-hetero) is 1. The molecule has 19 heavy (non-hydrogen) atoms. The van der Waals surface area contributed by atoms with Crippen LogP contribution in [0.15, 0.2) is 42.6 Å². The highest BCUT2D eigenvalue weighted by Gasteiger charge is 2.11. The number of benzene rings is 1. The maximum atomic E-state index is 11.7. The summed E-state index contributed by atoms with van der Waals surface area (Å²) in [5.74, 6) is -1.50. The third-order valence-electron chi connectivity index (χ3n) is 2.73. The third kappa shape index (κ3) is 3.25. The highest BCUT2D eigenvalue weighted by atomic mass is 16.4. The number of ketones is 1. The Hall–Kier alpha value is -2.49. The highest BCUT2D eigenvalue weighted by Crippen LogP contribution is 2.21. The number of aromatic nitrogens is 1. The van der Waals surface area contributed by atoms with Crippen molar-refractivity contribution in [1.82, 2.24) is 4.98 Å². The molecule has 1 N–H and O–H groups in total. The zero-order valence-electron chi connectivity index (χ0n) is 10.5. The zero-order chi connectivity index (χ0) is 13.8. The lowest BCUT2D eigenvalue weighted by Gasteiger charge is -2.05. The van der Waals surface area contributed by atoms with Crippen molar-refractivity contribution >= 4 is 11.8 Å². The quantitative estimate of drug-likeness (QED) is 0.673. The molecule has 1 heterocycles. The lowest BCUT2D eigenvalue weighted by Crippen LogP contribution is -2.06. The number of pyridine rings is 1. The molecule has 0 aliphatic rings. The molecule has 0 radical (unpaired) electrons. The van der Waals surface area contributed by atoms with E-state index in [0.717, 1.165) is 16.8 Å². The number of carbonyl (C=O) groups is 2. The van der Waals surface area contributed by atoms with Crippen LogP contribution in [0, 0.1) is 6.92 Å². The van der Waals surface area contributed by atoms with E-state index in [1.165, 1.54) is 0 Å². The highest BCUT2D eigenvalue weighted by molar-refractivity contribution is 6.06. The van der Waals surface area contributed by atoms with Crippen molar-refractivity contribution in [2.45, 2.75) is 13.3 Å². The summed E-state index contributed by atoms with van der Waals surface area (Å²) >= 11 is 0. The number of carbonyl (C=O) groups excluding carboxylic acids is 1. The van der Waals surface area contributed by atoms with Crippen molar-refractivity contribution in [3.05, 3.63) is 53.9 Å². The van der Waals surface area contributed by atoms with E-state index in [2.05, 4.69) is 4.98 Å². The average molecular weight is 255 g/mol. The number of aryl methyl sites for hydroxylation is 1. The van der Waals surface area contributed by atoms with Gasteiger partial charge in [0.05, 0.1) is 0 Å². The molecule has 0 fully saturated rings. The Morgan fingerprint density at radius 3 is 2.58 bits per heavy atom. The molecule has 1 aromatic heterocycles. The van der Waals surface area contributed by atoms with E-state index in [1.54, 1.807) is 24.4 Å². The second-order valence-electron chi connectivity index (χ2n) is 4.26. The van der Waals surface area contributed by atoms with E-state index in [4.69, 9.17) is 5.11 Å². The van der Waals surface area contributed by atoms with Crippen LogP contribution in [0.3, 0.4) is 0 Å². The summed E-state index contributed by atoms with van der Waals surface area (Å²) in [7, 11) is 0. The van der Waals surface area contributed by atoms with Crippen molar-refractivity contribution in [2.24, 2.45) is 0 Å². The first kappa shape index (κ1) is 13.0. The smallest absolute Gasteiger partial charge is 0.311 e. The number of carboxylic acid groups (broad SMARTS) is 1. The van der Waals surface area contributed by atoms with Crippen molar-refractivity contribution in [1.29, 1.82) is 0 Å². The summed E-state index contributed by atoms with van der Waals surface area (Å²) in [6, 6.07) is 10.7. The second-order valence-corrected chi connectivity index (χ2v) is 4.26. The number of hydrogen-bond acceptors (Lipinski definition) is 3. The van der Waals surface area contributed by atoms with E-state index in [9.17, 15) is 9.59 Å². The van der Waals surface area contributed by atoms with Gasteiger partial charge in [0.2, 0.25) is 0 Å². The van der Waals surface area contributed by atoms with Crippen LogP contribution in [-0.4, -0.2) is 21.8 Å². The summed E-state index contributed by atoms with van der Waals surface area (Å²) < 4.78 is 0. The monoisotopic (exact) mass is 255 g/mol. The van der Waals surface area contributed by atoms with Crippen molar-refractivity contribution in [2.75, 3.05) is 0 Å². The van der Waals surface area contributed by atoms with Gasteiger partial charge in [-0.25, -0.2) is 0 Å². The molecule has 4 heteroatoms. The minimum atomic E-state index is -1.12. The third-order valence-corrected chi connectivity index (χ3v) is 2.73. The number of aliphatic carboxylic acids is 1. The lowest BCUT2D eigenvalue weighted by atomic mass is 10.0. The molecule has 0 aliphatic heterocycles. The van der Waals surface area contributed by atoms with Gasteiger partial charge in [0.15, 0.2) is 5.78 Å². The minimum Gasteiger partial charge on any atom is -0.481 e. The van der Waals surface area contributed by atoms with E-state index < -0.39 is 12.4 Å². The topological polar surface area (TPSA) is 67.3 Å². The van der Waals surface area contributed by atoms with Gasteiger partial charge in [0.1, 0.15) is 6.42 Å². The molecular formula is C15H13NO3. The van der Waals surface area contributed by atoms with Gasteiger partial charge in [-0.2, -0.15) is 0 Å². The predicted octanol–water partition coefficient (Wildman–Crippen LogP) is 2.71. The molecule has 1 aromatic carbocycles. The summed E-state index contributed by atoms with van der Waals surface area (Å²) in [6.07, 6.45) is 1.22. The Bertz CT molecular complexity index is 635. The van der Waals surface area contributed by atoms with Gasteiger partial charge < -0.3 is 5.11 Å². The Balaban J connectivity index is 2.34. The number of nitrogens with zero attached hydrogens (tertiary/aromatic N) is 1.